The summed E-state index contributed by atoms with van der Waals surface area (Å²) < 4.78 is 39.1. The van der Waals surface area contributed by atoms with Crippen molar-refractivity contribution in [3.05, 3.63) is 29.8 Å². The molecule has 0 aliphatic heterocycles. The summed E-state index contributed by atoms with van der Waals surface area (Å²) in [5.41, 5.74) is -0.146. The average Bonchev–Trinajstić information content (AvgIpc) is 2.46. The quantitative estimate of drug-likeness (QED) is 0.637. The van der Waals surface area contributed by atoms with Crippen molar-refractivity contribution in [1.29, 1.82) is 0 Å². The lowest BCUT2D eigenvalue weighted by atomic mass is 9.77. The summed E-state index contributed by atoms with van der Waals surface area (Å²) in [7, 11) is -2.62. The maximum atomic E-state index is 14.6. The highest BCUT2D eigenvalue weighted by Gasteiger charge is 2.28. The van der Waals surface area contributed by atoms with Crippen LogP contribution < -0.4 is 15.4 Å². The molecule has 0 unspecified atom stereocenters. The lowest BCUT2D eigenvalue weighted by Gasteiger charge is -2.20. The Kier molecular flexibility index (Phi) is 5.10. The van der Waals surface area contributed by atoms with Gasteiger partial charge in [0.15, 0.2) is 18.4 Å². The number of hydrogen-bond acceptors (Lipinski definition) is 4. The molecule has 0 atom stereocenters. The van der Waals surface area contributed by atoms with Gasteiger partial charge in [0.25, 0.3) is 0 Å². The van der Waals surface area contributed by atoms with Crippen LogP contribution in [0.25, 0.3) is 10.8 Å². The maximum absolute atomic E-state index is 14.6. The van der Waals surface area contributed by atoms with Gasteiger partial charge in [-0.3, -0.25) is 0 Å². The first kappa shape index (κ1) is 17.9. The SMILES string of the molecule is COCOc1cc(B(O)O)c2c(F)c(F)c([Si](C)(C)C)cc2c1. The molecule has 0 spiro atoms. The third-order valence-corrected chi connectivity index (χ3v) is 5.53. The first-order valence-electron chi connectivity index (χ1n) is 7.10. The highest BCUT2D eigenvalue weighted by atomic mass is 28.3. The molecule has 4 nitrogen and oxygen atoms in total. The van der Waals surface area contributed by atoms with Crippen LogP contribution >= 0.6 is 0 Å². The van der Waals surface area contributed by atoms with E-state index in [0.717, 1.165) is 0 Å². The summed E-state index contributed by atoms with van der Waals surface area (Å²) in [4.78, 5) is 0. The molecule has 0 saturated heterocycles. The Balaban J connectivity index is 2.79. The van der Waals surface area contributed by atoms with E-state index in [0.29, 0.717) is 10.6 Å². The molecule has 0 aromatic heterocycles. The van der Waals surface area contributed by atoms with E-state index in [1.165, 1.54) is 19.2 Å². The largest absolute Gasteiger partial charge is 0.489 e. The van der Waals surface area contributed by atoms with Crippen molar-refractivity contribution >= 4 is 36.6 Å². The number of benzene rings is 2. The van der Waals surface area contributed by atoms with Crippen molar-refractivity contribution in [2.24, 2.45) is 0 Å². The van der Waals surface area contributed by atoms with E-state index in [-0.39, 0.29) is 23.4 Å². The van der Waals surface area contributed by atoms with Crippen LogP contribution in [0.1, 0.15) is 0 Å². The van der Waals surface area contributed by atoms with Crippen molar-refractivity contribution in [3.8, 4) is 5.75 Å². The van der Waals surface area contributed by atoms with E-state index in [1.807, 2.05) is 19.6 Å². The number of halogens is 2. The van der Waals surface area contributed by atoms with E-state index < -0.39 is 26.8 Å². The molecule has 0 aliphatic rings. The Morgan fingerprint density at radius 3 is 2.26 bits per heavy atom. The molecule has 0 bridgehead atoms. The van der Waals surface area contributed by atoms with Crippen molar-refractivity contribution in [2.45, 2.75) is 19.6 Å². The predicted octanol–water partition coefficient (Wildman–Crippen LogP) is 1.33. The lowest BCUT2D eigenvalue weighted by molar-refractivity contribution is 0.0513. The normalized spacial score (nSPS) is 11.8. The van der Waals surface area contributed by atoms with Gasteiger partial charge in [-0.25, -0.2) is 8.78 Å². The molecule has 2 aromatic rings. The van der Waals surface area contributed by atoms with Gasteiger partial charge in [-0.05, 0) is 28.2 Å². The van der Waals surface area contributed by atoms with Gasteiger partial charge in [-0.2, -0.15) is 0 Å². The summed E-state index contributed by atoms with van der Waals surface area (Å²) in [6.07, 6.45) is 0. The molecule has 0 radical (unpaired) electrons. The Bertz CT molecular complexity index is 732. The van der Waals surface area contributed by atoms with E-state index >= 15 is 0 Å². The third-order valence-electron chi connectivity index (χ3n) is 3.55. The fourth-order valence-electron chi connectivity index (χ4n) is 2.43. The Hall–Kier alpha value is -1.48. The van der Waals surface area contributed by atoms with E-state index in [9.17, 15) is 18.8 Å². The molecule has 2 rings (SSSR count). The minimum absolute atomic E-state index is 0.0446. The Morgan fingerprint density at radius 2 is 1.74 bits per heavy atom. The van der Waals surface area contributed by atoms with Gasteiger partial charge in [0.05, 0.1) is 8.07 Å². The first-order valence-corrected chi connectivity index (χ1v) is 10.6. The zero-order chi connectivity index (χ0) is 17.4. The van der Waals surface area contributed by atoms with Crippen LogP contribution in [-0.4, -0.2) is 39.1 Å². The van der Waals surface area contributed by atoms with Gasteiger partial charge in [0.1, 0.15) is 5.75 Å². The molecule has 23 heavy (non-hydrogen) atoms. The minimum atomic E-state index is -2.12. The zero-order valence-corrected chi connectivity index (χ0v) is 14.5. The summed E-state index contributed by atoms with van der Waals surface area (Å²) in [5, 5.41) is 19.6. The summed E-state index contributed by atoms with van der Waals surface area (Å²) in [6.45, 7) is 5.67. The monoisotopic (exact) mass is 340 g/mol. The number of ether oxygens (including phenoxy) is 2. The minimum Gasteiger partial charge on any atom is -0.468 e. The molecular weight excluding hydrogens is 321 g/mol. The maximum Gasteiger partial charge on any atom is 0.489 e. The second kappa shape index (κ2) is 6.56. The fourth-order valence-corrected chi connectivity index (χ4v) is 3.79. The van der Waals surface area contributed by atoms with Gasteiger partial charge < -0.3 is 19.5 Å². The van der Waals surface area contributed by atoms with Crippen LogP contribution in [0.4, 0.5) is 8.78 Å². The summed E-state index contributed by atoms with van der Waals surface area (Å²) in [6, 6.07) is 4.36. The molecule has 0 saturated carbocycles. The lowest BCUT2D eigenvalue weighted by Crippen LogP contribution is -2.41. The highest BCUT2D eigenvalue weighted by molar-refractivity contribution is 6.88. The fraction of sp³-hybridized carbons (Fsp3) is 0.333. The van der Waals surface area contributed by atoms with Crippen LogP contribution in [0.3, 0.4) is 0 Å². The molecule has 124 valence electrons. The second-order valence-electron chi connectivity index (χ2n) is 6.34. The average molecular weight is 340 g/mol. The van der Waals surface area contributed by atoms with Crippen molar-refractivity contribution in [2.75, 3.05) is 13.9 Å². The smallest absolute Gasteiger partial charge is 0.468 e. The van der Waals surface area contributed by atoms with Crippen LogP contribution in [0.2, 0.25) is 19.6 Å². The molecule has 2 N–H and O–H groups in total. The molecule has 8 heteroatoms. The molecule has 2 aromatic carbocycles. The number of hydrogen-bond donors (Lipinski definition) is 2. The topological polar surface area (TPSA) is 58.9 Å². The number of methoxy groups -OCH3 is 1. The van der Waals surface area contributed by atoms with E-state index in [2.05, 4.69) is 0 Å². The predicted molar refractivity (Wildman–Crippen MR) is 89.2 cm³/mol. The van der Waals surface area contributed by atoms with Gasteiger partial charge >= 0.3 is 7.12 Å². The van der Waals surface area contributed by atoms with Crippen molar-refractivity contribution in [1.82, 2.24) is 0 Å². The Morgan fingerprint density at radius 1 is 1.09 bits per heavy atom. The van der Waals surface area contributed by atoms with Gasteiger partial charge in [0.2, 0.25) is 0 Å². The molecule has 0 heterocycles. The molecular formula is C15H19BF2O4Si. The van der Waals surface area contributed by atoms with Crippen molar-refractivity contribution < 1.29 is 28.3 Å². The van der Waals surface area contributed by atoms with Crippen LogP contribution in [0.15, 0.2) is 18.2 Å². The zero-order valence-electron chi connectivity index (χ0n) is 13.5. The van der Waals surface area contributed by atoms with Crippen LogP contribution in [-0.2, 0) is 4.74 Å². The third kappa shape index (κ3) is 3.55. The van der Waals surface area contributed by atoms with E-state index in [1.54, 1.807) is 6.07 Å². The highest BCUT2D eigenvalue weighted by Crippen LogP contribution is 2.24. The molecule has 0 aliphatic carbocycles. The number of fused-ring (bicyclic) bond motifs is 1. The van der Waals surface area contributed by atoms with Gasteiger partial charge in [0, 0.05) is 12.5 Å². The molecule has 0 amide bonds. The van der Waals surface area contributed by atoms with Gasteiger partial charge in [-0.15, -0.1) is 0 Å². The molecule has 0 fully saturated rings. The van der Waals surface area contributed by atoms with Crippen molar-refractivity contribution in [3.63, 3.8) is 0 Å². The Labute approximate surface area is 134 Å². The van der Waals surface area contributed by atoms with Crippen LogP contribution in [0.5, 0.6) is 5.75 Å². The standard InChI is InChI=1S/C15H19BF2O4Si/c1-21-8-22-10-5-9-6-12(23(2,3)4)14(17)15(18)13(9)11(7-10)16(19)20/h5-7,19-20H,8H2,1-4H3. The number of rotatable bonds is 5. The van der Waals surface area contributed by atoms with Gasteiger partial charge in [-0.1, -0.05) is 25.7 Å². The second-order valence-corrected chi connectivity index (χ2v) is 11.4. The first-order chi connectivity index (χ1) is 10.7. The summed E-state index contributed by atoms with van der Waals surface area (Å²) in [5.74, 6) is -1.71. The van der Waals surface area contributed by atoms with Crippen LogP contribution in [0, 0.1) is 11.6 Å². The van der Waals surface area contributed by atoms with E-state index in [4.69, 9.17) is 9.47 Å². The summed E-state index contributed by atoms with van der Waals surface area (Å²) >= 11 is 0.